The fourth-order valence-corrected chi connectivity index (χ4v) is 3.78. The highest BCUT2D eigenvalue weighted by molar-refractivity contribution is 6.02. The third kappa shape index (κ3) is 4.87. The van der Waals surface area contributed by atoms with Gasteiger partial charge in [-0.05, 0) is 47.6 Å². The second kappa shape index (κ2) is 10.0. The first-order chi connectivity index (χ1) is 14.6. The summed E-state index contributed by atoms with van der Waals surface area (Å²) in [6.07, 6.45) is 6.28. The molecule has 0 aliphatic heterocycles. The molecule has 0 spiro atoms. The molecular weight excluding hydrogens is 374 g/mol. The third-order valence-corrected chi connectivity index (χ3v) is 5.51. The fourth-order valence-electron chi connectivity index (χ4n) is 3.78. The van der Waals surface area contributed by atoms with Gasteiger partial charge in [-0.2, -0.15) is 5.26 Å². The van der Waals surface area contributed by atoms with E-state index in [-0.39, 0.29) is 5.57 Å². The second-order valence-electron chi connectivity index (χ2n) is 7.60. The van der Waals surface area contributed by atoms with Gasteiger partial charge in [0, 0.05) is 13.2 Å². The van der Waals surface area contributed by atoms with E-state index in [0.29, 0.717) is 31.6 Å². The summed E-state index contributed by atoms with van der Waals surface area (Å²) in [4.78, 5) is 12.0. The Balaban J connectivity index is 1.97. The summed E-state index contributed by atoms with van der Waals surface area (Å²) in [6.45, 7) is 3.27. The summed E-state index contributed by atoms with van der Waals surface area (Å²) in [5.41, 5.74) is 3.01. The van der Waals surface area contributed by atoms with Crippen LogP contribution in [0.15, 0.2) is 72.3 Å². The molecule has 0 saturated heterocycles. The van der Waals surface area contributed by atoms with Crippen LogP contribution in [0.2, 0.25) is 0 Å². The first-order valence-corrected chi connectivity index (χ1v) is 10.4. The van der Waals surface area contributed by atoms with Gasteiger partial charge in [-0.15, -0.1) is 0 Å². The zero-order valence-electron chi connectivity index (χ0n) is 17.3. The predicted molar refractivity (Wildman–Crippen MR) is 119 cm³/mol. The van der Waals surface area contributed by atoms with E-state index in [2.05, 4.69) is 13.0 Å². The summed E-state index contributed by atoms with van der Waals surface area (Å²) in [6, 6.07) is 20.1. The molecule has 4 heteroatoms. The Morgan fingerprint density at radius 3 is 2.47 bits per heavy atom. The molecule has 0 amide bonds. The van der Waals surface area contributed by atoms with E-state index < -0.39 is 11.4 Å². The lowest BCUT2D eigenvalue weighted by Crippen LogP contribution is -2.23. The number of hydrogen-bond donors (Lipinski definition) is 1. The zero-order chi connectivity index (χ0) is 21.4. The highest BCUT2D eigenvalue weighted by Crippen LogP contribution is 2.43. The number of carboxylic acids is 1. The van der Waals surface area contributed by atoms with Gasteiger partial charge in [0.15, 0.2) is 0 Å². The van der Waals surface area contributed by atoms with Crippen LogP contribution in [0.1, 0.15) is 38.2 Å². The molecule has 3 rings (SSSR count). The van der Waals surface area contributed by atoms with Gasteiger partial charge in [-0.1, -0.05) is 74.0 Å². The van der Waals surface area contributed by atoms with Crippen LogP contribution in [-0.2, 0) is 9.53 Å². The van der Waals surface area contributed by atoms with Crippen molar-refractivity contribution in [2.24, 2.45) is 5.41 Å². The maximum atomic E-state index is 12.0. The van der Waals surface area contributed by atoms with Gasteiger partial charge in [-0.3, -0.25) is 0 Å². The molecule has 1 aliphatic rings. The molecule has 2 aromatic carbocycles. The van der Waals surface area contributed by atoms with E-state index in [1.807, 2.05) is 54.6 Å². The smallest absolute Gasteiger partial charge is 0.335 e. The Bertz CT molecular complexity index is 985. The minimum absolute atomic E-state index is 0.246. The minimum Gasteiger partial charge on any atom is -0.478 e. The van der Waals surface area contributed by atoms with Crippen molar-refractivity contribution in [2.45, 2.75) is 32.6 Å². The molecule has 0 saturated carbocycles. The lowest BCUT2D eigenvalue weighted by Gasteiger charge is -2.29. The molecule has 0 aromatic heterocycles. The Kier molecular flexibility index (Phi) is 7.21. The van der Waals surface area contributed by atoms with Crippen LogP contribution in [0.5, 0.6) is 0 Å². The quantitative estimate of drug-likeness (QED) is 0.534. The van der Waals surface area contributed by atoms with Gasteiger partial charge in [0.1, 0.15) is 0 Å². The van der Waals surface area contributed by atoms with Gasteiger partial charge in [0.25, 0.3) is 0 Å². The molecule has 154 valence electrons. The van der Waals surface area contributed by atoms with Crippen LogP contribution >= 0.6 is 0 Å². The topological polar surface area (TPSA) is 70.3 Å². The number of unbranched alkanes of at least 4 members (excludes halogenated alkanes) is 1. The molecule has 0 fully saturated rings. The van der Waals surface area contributed by atoms with Gasteiger partial charge in [0.2, 0.25) is 0 Å². The van der Waals surface area contributed by atoms with Crippen molar-refractivity contribution in [3.63, 3.8) is 0 Å². The molecule has 0 bridgehead atoms. The normalized spacial score (nSPS) is 18.3. The van der Waals surface area contributed by atoms with Crippen LogP contribution in [0.4, 0.5) is 0 Å². The largest absolute Gasteiger partial charge is 0.478 e. The van der Waals surface area contributed by atoms with Crippen molar-refractivity contribution in [3.05, 3.63) is 77.9 Å². The lowest BCUT2D eigenvalue weighted by molar-refractivity contribution is -0.132. The number of nitrogens with zero attached hydrogens (tertiary/aromatic N) is 1. The average Bonchev–Trinajstić information content (AvgIpc) is 2.79. The van der Waals surface area contributed by atoms with E-state index in [0.717, 1.165) is 29.5 Å². The van der Waals surface area contributed by atoms with Crippen molar-refractivity contribution in [1.82, 2.24) is 0 Å². The minimum atomic E-state index is -0.977. The molecule has 4 nitrogen and oxygen atoms in total. The summed E-state index contributed by atoms with van der Waals surface area (Å²) in [5.74, 6) is -0.977. The number of hydrogen-bond acceptors (Lipinski definition) is 3. The molecule has 0 heterocycles. The van der Waals surface area contributed by atoms with E-state index in [4.69, 9.17) is 4.74 Å². The second-order valence-corrected chi connectivity index (χ2v) is 7.60. The number of rotatable bonds is 9. The Morgan fingerprint density at radius 1 is 1.10 bits per heavy atom. The number of ether oxygens (including phenoxy) is 1. The lowest BCUT2D eigenvalue weighted by atomic mass is 9.72. The first kappa shape index (κ1) is 21.5. The number of carbonyl (C=O) groups is 1. The number of aliphatic carboxylic acids is 1. The Morgan fingerprint density at radius 2 is 1.80 bits per heavy atom. The van der Waals surface area contributed by atoms with Crippen LogP contribution in [0.25, 0.3) is 16.7 Å². The SMILES string of the molecule is CCCCOCCC1(C#N)C=CC(C(=O)O)=C(c2ccccc2-c2ccccc2)C1. The highest BCUT2D eigenvalue weighted by atomic mass is 16.5. The number of nitriles is 1. The molecule has 2 aromatic rings. The van der Waals surface area contributed by atoms with Crippen LogP contribution in [-0.4, -0.2) is 24.3 Å². The summed E-state index contributed by atoms with van der Waals surface area (Å²) < 4.78 is 5.69. The zero-order valence-corrected chi connectivity index (χ0v) is 17.3. The maximum absolute atomic E-state index is 12.0. The third-order valence-electron chi connectivity index (χ3n) is 5.51. The van der Waals surface area contributed by atoms with Gasteiger partial charge in [0.05, 0.1) is 17.1 Å². The number of allylic oxidation sites excluding steroid dienone is 2. The van der Waals surface area contributed by atoms with Crippen molar-refractivity contribution in [2.75, 3.05) is 13.2 Å². The van der Waals surface area contributed by atoms with E-state index >= 15 is 0 Å². The van der Waals surface area contributed by atoms with Gasteiger partial charge >= 0.3 is 5.97 Å². The average molecular weight is 402 g/mol. The van der Waals surface area contributed by atoms with Crippen LogP contribution < -0.4 is 0 Å². The molecule has 1 atom stereocenters. The predicted octanol–water partition coefficient (Wildman–Crippen LogP) is 5.87. The molecule has 30 heavy (non-hydrogen) atoms. The number of carboxylic acid groups (broad SMARTS) is 1. The van der Waals surface area contributed by atoms with Gasteiger partial charge in [-0.25, -0.2) is 4.79 Å². The van der Waals surface area contributed by atoms with Crippen molar-refractivity contribution < 1.29 is 14.6 Å². The van der Waals surface area contributed by atoms with Crippen LogP contribution in [0.3, 0.4) is 0 Å². The van der Waals surface area contributed by atoms with E-state index in [1.54, 1.807) is 12.2 Å². The summed E-state index contributed by atoms with van der Waals surface area (Å²) >= 11 is 0. The molecule has 1 aliphatic carbocycles. The van der Waals surface area contributed by atoms with Gasteiger partial charge < -0.3 is 9.84 Å². The highest BCUT2D eigenvalue weighted by Gasteiger charge is 2.34. The van der Waals surface area contributed by atoms with Crippen molar-refractivity contribution in [1.29, 1.82) is 5.26 Å². The van der Waals surface area contributed by atoms with E-state index in [9.17, 15) is 15.2 Å². The maximum Gasteiger partial charge on any atom is 0.335 e. The first-order valence-electron chi connectivity index (χ1n) is 10.4. The Labute approximate surface area is 178 Å². The van der Waals surface area contributed by atoms with Crippen molar-refractivity contribution in [3.8, 4) is 17.2 Å². The summed E-state index contributed by atoms with van der Waals surface area (Å²) in [7, 11) is 0. The van der Waals surface area contributed by atoms with Crippen LogP contribution in [0, 0.1) is 16.7 Å². The monoisotopic (exact) mass is 401 g/mol. The van der Waals surface area contributed by atoms with Crippen molar-refractivity contribution >= 4 is 11.5 Å². The molecule has 1 N–H and O–H groups in total. The standard InChI is InChI=1S/C26H27NO3/c1-2-3-16-30-17-15-26(19-27)14-13-23(25(28)29)24(18-26)22-12-8-7-11-21(22)20-9-5-4-6-10-20/h4-14H,2-3,15-18H2,1H3,(H,28,29). The molecule has 1 unspecified atom stereocenters. The molecular formula is C26H27NO3. The van der Waals surface area contributed by atoms with E-state index in [1.165, 1.54) is 0 Å². The molecule has 0 radical (unpaired) electrons. The number of benzene rings is 2. The fraction of sp³-hybridized carbons (Fsp3) is 0.308. The summed E-state index contributed by atoms with van der Waals surface area (Å²) in [5, 5.41) is 19.8. The Hall–Kier alpha value is -3.16.